The van der Waals surface area contributed by atoms with Crippen LogP contribution in [0, 0.1) is 0 Å². The van der Waals surface area contributed by atoms with Crippen molar-refractivity contribution in [1.29, 1.82) is 0 Å². The molecule has 0 saturated heterocycles. The Labute approximate surface area is 338 Å². The summed E-state index contributed by atoms with van der Waals surface area (Å²) in [5.41, 5.74) is 5.37. The fourth-order valence-corrected chi connectivity index (χ4v) is 6.87. The van der Waals surface area contributed by atoms with E-state index < -0.39 is 0 Å². The molecule has 0 unspecified atom stereocenters. The van der Waals surface area contributed by atoms with E-state index in [1.54, 1.807) is 0 Å². The first-order valence-corrected chi connectivity index (χ1v) is 18.9. The summed E-state index contributed by atoms with van der Waals surface area (Å²) >= 11 is 0. The van der Waals surface area contributed by atoms with Crippen LogP contribution in [0.3, 0.4) is 0 Å². The predicted octanol–water partition coefficient (Wildman–Crippen LogP) is 12.3. The van der Waals surface area contributed by atoms with Gasteiger partial charge in [-0.3, -0.25) is 4.57 Å². The highest BCUT2D eigenvalue weighted by Crippen LogP contribution is 2.38. The lowest BCUT2D eigenvalue weighted by atomic mass is 10.1. The highest BCUT2D eigenvalue weighted by atomic mass is 16.5. The molecule has 0 aliphatic heterocycles. The summed E-state index contributed by atoms with van der Waals surface area (Å²) in [4.78, 5) is 22.5. The molecule has 0 N–H and O–H groups in total. The molecular weight excluding hydrogens is 737 g/mol. The Bertz CT molecular complexity index is 2880. The third kappa shape index (κ3) is 7.61. The molecular formula is C49H32N6O4. The molecule has 0 aliphatic carbocycles. The second kappa shape index (κ2) is 15.6. The Morgan fingerprint density at radius 1 is 0.356 bits per heavy atom. The molecule has 0 radical (unpaired) electrons. The summed E-state index contributed by atoms with van der Waals surface area (Å²) < 4.78 is 27.2. The molecule has 10 nitrogen and oxygen atoms in total. The fraction of sp³-hybridized carbons (Fsp3) is 0. The van der Waals surface area contributed by atoms with Crippen LogP contribution >= 0.6 is 0 Å². The second-order valence-corrected chi connectivity index (χ2v) is 13.4. The van der Waals surface area contributed by atoms with Crippen LogP contribution in [0.15, 0.2) is 195 Å². The highest BCUT2D eigenvalue weighted by molar-refractivity contribution is 6.09. The van der Waals surface area contributed by atoms with E-state index in [1.807, 2.05) is 187 Å². The molecule has 10 rings (SSSR count). The monoisotopic (exact) mass is 768 g/mol. The van der Waals surface area contributed by atoms with Crippen LogP contribution in [0.2, 0.25) is 0 Å². The van der Waals surface area contributed by atoms with Crippen molar-refractivity contribution in [3.63, 3.8) is 0 Å². The smallest absolute Gasteiger partial charge is 0.237 e. The lowest BCUT2D eigenvalue weighted by Gasteiger charge is -2.11. The van der Waals surface area contributed by atoms with Gasteiger partial charge in [0.1, 0.15) is 47.2 Å². The number of hydrogen-bond donors (Lipinski definition) is 0. The van der Waals surface area contributed by atoms with E-state index in [2.05, 4.69) is 15.0 Å². The maximum Gasteiger partial charge on any atom is 0.237 e. The van der Waals surface area contributed by atoms with E-state index in [9.17, 15) is 0 Å². The third-order valence-corrected chi connectivity index (χ3v) is 9.50. The summed E-state index contributed by atoms with van der Waals surface area (Å²) in [5, 5.41) is 1.97. The van der Waals surface area contributed by atoms with Crippen LogP contribution < -0.4 is 18.9 Å². The molecule has 282 valence electrons. The van der Waals surface area contributed by atoms with Gasteiger partial charge in [-0.1, -0.05) is 84.9 Å². The average Bonchev–Trinajstić information content (AvgIpc) is 3.60. The minimum Gasteiger partial charge on any atom is -0.457 e. The van der Waals surface area contributed by atoms with Crippen molar-refractivity contribution in [2.75, 3.05) is 0 Å². The van der Waals surface area contributed by atoms with Crippen molar-refractivity contribution in [1.82, 2.24) is 29.5 Å². The van der Waals surface area contributed by atoms with Crippen molar-refractivity contribution in [3.8, 4) is 74.7 Å². The molecule has 0 aliphatic rings. The molecule has 4 aromatic heterocycles. The Hall–Kier alpha value is -8.37. The predicted molar refractivity (Wildman–Crippen MR) is 227 cm³/mol. The Kier molecular flexibility index (Phi) is 9.30. The minimum atomic E-state index is 0.454. The number of pyridine rings is 2. The Morgan fingerprint density at radius 3 is 1.25 bits per heavy atom. The quantitative estimate of drug-likeness (QED) is 0.127. The molecule has 0 spiro atoms. The Balaban J connectivity index is 0.923. The number of rotatable bonds is 11. The van der Waals surface area contributed by atoms with E-state index in [-0.39, 0.29) is 0 Å². The molecule has 6 aromatic carbocycles. The number of aromatic nitrogens is 6. The summed E-state index contributed by atoms with van der Waals surface area (Å²) in [7, 11) is 0. The fourth-order valence-electron chi connectivity index (χ4n) is 6.87. The second-order valence-electron chi connectivity index (χ2n) is 13.4. The first-order valence-electron chi connectivity index (χ1n) is 18.9. The zero-order valence-corrected chi connectivity index (χ0v) is 31.3. The lowest BCUT2D eigenvalue weighted by molar-refractivity contribution is 0.449. The molecule has 0 bridgehead atoms. The number of fused-ring (bicyclic) bond motifs is 3. The summed E-state index contributed by atoms with van der Waals surface area (Å²) in [6.07, 6.45) is 2.96. The van der Waals surface area contributed by atoms with E-state index in [0.717, 1.165) is 44.3 Å². The van der Waals surface area contributed by atoms with Gasteiger partial charge in [-0.05, 0) is 60.7 Å². The normalized spacial score (nSPS) is 11.1. The van der Waals surface area contributed by atoms with Crippen LogP contribution in [-0.2, 0) is 0 Å². The van der Waals surface area contributed by atoms with Crippen molar-refractivity contribution in [2.45, 2.75) is 0 Å². The van der Waals surface area contributed by atoms with E-state index in [4.69, 9.17) is 28.9 Å². The molecule has 0 fully saturated rings. The Morgan fingerprint density at radius 2 is 0.780 bits per heavy atom. The summed E-state index contributed by atoms with van der Waals surface area (Å²) in [6, 6.07) is 58.3. The maximum absolute atomic E-state index is 6.42. The van der Waals surface area contributed by atoms with Gasteiger partial charge in [0.2, 0.25) is 17.7 Å². The van der Waals surface area contributed by atoms with Gasteiger partial charge in [-0.15, -0.1) is 0 Å². The summed E-state index contributed by atoms with van der Waals surface area (Å²) in [5.74, 6) is 5.06. The number of benzene rings is 6. The number of hydrogen-bond acceptors (Lipinski definition) is 9. The van der Waals surface area contributed by atoms with Crippen LogP contribution in [0.1, 0.15) is 0 Å². The van der Waals surface area contributed by atoms with E-state index in [1.165, 1.54) is 12.7 Å². The standard InChI is InChI=1S/C49H32N6O4/c1-3-11-33(12-4-1)43-19-9-21-47(53-43)58-37-17-7-15-35(27-37)56-39-23-25-41-42-26-24-40(30-46(42)55(45(41)29-39)49-51-31-50-32-52-49)57-36-16-8-18-38(28-36)59-48-22-10-20-44(54-48)34-13-5-2-6-14-34/h1-32H. The van der Waals surface area contributed by atoms with Crippen LogP contribution in [0.4, 0.5) is 0 Å². The number of nitrogens with zero attached hydrogens (tertiary/aromatic N) is 6. The van der Waals surface area contributed by atoms with E-state index in [0.29, 0.717) is 52.2 Å². The largest absolute Gasteiger partial charge is 0.457 e. The zero-order chi connectivity index (χ0) is 39.4. The van der Waals surface area contributed by atoms with Gasteiger partial charge in [0, 0.05) is 58.3 Å². The van der Waals surface area contributed by atoms with Crippen LogP contribution in [-0.4, -0.2) is 29.5 Å². The summed E-state index contributed by atoms with van der Waals surface area (Å²) in [6.45, 7) is 0. The van der Waals surface area contributed by atoms with Gasteiger partial charge in [-0.2, -0.15) is 0 Å². The molecule has 10 heteroatoms. The number of ether oxygens (including phenoxy) is 4. The lowest BCUT2D eigenvalue weighted by Crippen LogP contribution is -2.01. The van der Waals surface area contributed by atoms with Gasteiger partial charge in [0.15, 0.2) is 0 Å². The van der Waals surface area contributed by atoms with Gasteiger partial charge in [-0.25, -0.2) is 24.9 Å². The highest BCUT2D eigenvalue weighted by Gasteiger charge is 2.17. The van der Waals surface area contributed by atoms with Crippen molar-refractivity contribution < 1.29 is 18.9 Å². The van der Waals surface area contributed by atoms with Gasteiger partial charge in [0.05, 0.1) is 22.4 Å². The zero-order valence-electron chi connectivity index (χ0n) is 31.3. The van der Waals surface area contributed by atoms with E-state index >= 15 is 0 Å². The van der Waals surface area contributed by atoms with Gasteiger partial charge >= 0.3 is 0 Å². The van der Waals surface area contributed by atoms with Gasteiger partial charge in [0.25, 0.3) is 0 Å². The van der Waals surface area contributed by atoms with Crippen molar-refractivity contribution >= 4 is 21.8 Å². The SMILES string of the molecule is c1ccc(-c2cccc(Oc3cccc(Oc4ccc5c6ccc(Oc7cccc(Oc8cccc(-c9ccccc9)n8)c7)cc6n(-c6ncncn6)c5c4)c3)n2)cc1. The van der Waals surface area contributed by atoms with Crippen molar-refractivity contribution in [2.24, 2.45) is 0 Å². The van der Waals surface area contributed by atoms with Crippen molar-refractivity contribution in [3.05, 3.63) is 195 Å². The molecule has 59 heavy (non-hydrogen) atoms. The molecule has 0 saturated carbocycles. The first kappa shape index (κ1) is 35.1. The topological polar surface area (TPSA) is 106 Å². The van der Waals surface area contributed by atoms with Gasteiger partial charge < -0.3 is 18.9 Å². The maximum atomic E-state index is 6.42. The van der Waals surface area contributed by atoms with Crippen LogP contribution in [0.25, 0.3) is 50.3 Å². The molecule has 0 amide bonds. The van der Waals surface area contributed by atoms with Crippen LogP contribution in [0.5, 0.6) is 46.3 Å². The molecule has 4 heterocycles. The average molecular weight is 769 g/mol. The molecule has 10 aromatic rings. The molecule has 0 atom stereocenters. The minimum absolute atomic E-state index is 0.454. The third-order valence-electron chi connectivity index (χ3n) is 9.50. The first-order chi connectivity index (χ1) is 29.2.